The highest BCUT2D eigenvalue weighted by Gasteiger charge is 2.30. The SMILES string of the molecule is C=CCN(CC(=O)O)C(=O)N1CCC(C)CC1C. The van der Waals surface area contributed by atoms with Crippen LogP contribution in [0.1, 0.15) is 26.7 Å². The second-order valence-electron chi connectivity index (χ2n) is 5.02. The molecule has 1 rings (SSSR count). The number of urea groups is 1. The molecule has 0 aromatic rings. The summed E-state index contributed by atoms with van der Waals surface area (Å²) in [7, 11) is 0. The van der Waals surface area contributed by atoms with E-state index >= 15 is 0 Å². The third kappa shape index (κ3) is 3.75. The molecule has 2 unspecified atom stereocenters. The van der Waals surface area contributed by atoms with Gasteiger partial charge in [-0.05, 0) is 25.7 Å². The van der Waals surface area contributed by atoms with Crippen LogP contribution in [0.4, 0.5) is 4.79 Å². The van der Waals surface area contributed by atoms with Crippen LogP contribution in [0, 0.1) is 5.92 Å². The van der Waals surface area contributed by atoms with Crippen molar-refractivity contribution in [1.29, 1.82) is 0 Å². The van der Waals surface area contributed by atoms with Crippen molar-refractivity contribution in [2.75, 3.05) is 19.6 Å². The molecule has 102 valence electrons. The van der Waals surface area contributed by atoms with E-state index < -0.39 is 5.97 Å². The molecular formula is C13H22N2O3. The Kier molecular flexibility index (Phi) is 5.19. The van der Waals surface area contributed by atoms with Crippen molar-refractivity contribution in [1.82, 2.24) is 9.80 Å². The summed E-state index contributed by atoms with van der Waals surface area (Å²) in [6.07, 6.45) is 3.50. The fourth-order valence-electron chi connectivity index (χ4n) is 2.40. The van der Waals surface area contributed by atoms with E-state index in [1.807, 2.05) is 6.92 Å². The Labute approximate surface area is 108 Å². The third-order valence-corrected chi connectivity index (χ3v) is 3.33. The Bertz CT molecular complexity index is 330. The van der Waals surface area contributed by atoms with Gasteiger partial charge in [0.1, 0.15) is 6.54 Å². The van der Waals surface area contributed by atoms with Crippen molar-refractivity contribution < 1.29 is 14.7 Å². The van der Waals surface area contributed by atoms with Crippen LogP contribution in [0.2, 0.25) is 0 Å². The predicted molar refractivity (Wildman–Crippen MR) is 69.4 cm³/mol. The lowest BCUT2D eigenvalue weighted by Gasteiger charge is -2.39. The number of nitrogens with zero attached hydrogens (tertiary/aromatic N) is 2. The number of aliphatic carboxylic acids is 1. The molecule has 1 heterocycles. The van der Waals surface area contributed by atoms with Crippen LogP contribution < -0.4 is 0 Å². The van der Waals surface area contributed by atoms with Crippen molar-refractivity contribution in [3.8, 4) is 0 Å². The minimum Gasteiger partial charge on any atom is -0.480 e. The Morgan fingerprint density at radius 1 is 1.50 bits per heavy atom. The lowest BCUT2D eigenvalue weighted by molar-refractivity contribution is -0.137. The van der Waals surface area contributed by atoms with Crippen LogP contribution in [0.25, 0.3) is 0 Å². The average molecular weight is 254 g/mol. The fraction of sp³-hybridized carbons (Fsp3) is 0.692. The van der Waals surface area contributed by atoms with Gasteiger partial charge in [0.25, 0.3) is 0 Å². The monoisotopic (exact) mass is 254 g/mol. The zero-order valence-corrected chi connectivity index (χ0v) is 11.1. The Balaban J connectivity index is 2.69. The molecule has 5 heteroatoms. The van der Waals surface area contributed by atoms with Crippen molar-refractivity contribution in [3.63, 3.8) is 0 Å². The average Bonchev–Trinajstić information content (AvgIpc) is 2.27. The molecule has 1 saturated heterocycles. The molecule has 1 aliphatic heterocycles. The Morgan fingerprint density at radius 2 is 2.17 bits per heavy atom. The van der Waals surface area contributed by atoms with E-state index in [-0.39, 0.29) is 25.2 Å². The summed E-state index contributed by atoms with van der Waals surface area (Å²) in [6, 6.07) is -0.0286. The van der Waals surface area contributed by atoms with Crippen LogP contribution in [-0.4, -0.2) is 52.6 Å². The first-order valence-electron chi connectivity index (χ1n) is 6.34. The molecule has 1 fully saturated rings. The van der Waals surface area contributed by atoms with E-state index in [2.05, 4.69) is 13.5 Å². The molecule has 0 aromatic carbocycles. The lowest BCUT2D eigenvalue weighted by atomic mass is 9.94. The Hall–Kier alpha value is -1.52. The summed E-state index contributed by atoms with van der Waals surface area (Å²) in [4.78, 5) is 26.1. The van der Waals surface area contributed by atoms with E-state index in [1.54, 1.807) is 11.0 Å². The number of hydrogen-bond donors (Lipinski definition) is 1. The maximum absolute atomic E-state index is 12.3. The van der Waals surface area contributed by atoms with Gasteiger partial charge in [0.2, 0.25) is 0 Å². The molecule has 0 aromatic heterocycles. The van der Waals surface area contributed by atoms with E-state index in [0.717, 1.165) is 12.8 Å². The largest absolute Gasteiger partial charge is 0.480 e. The molecule has 0 bridgehead atoms. The molecule has 18 heavy (non-hydrogen) atoms. The van der Waals surface area contributed by atoms with Gasteiger partial charge in [-0.2, -0.15) is 0 Å². The molecular weight excluding hydrogens is 232 g/mol. The van der Waals surface area contributed by atoms with Crippen LogP contribution >= 0.6 is 0 Å². The zero-order chi connectivity index (χ0) is 13.7. The first kappa shape index (κ1) is 14.5. The van der Waals surface area contributed by atoms with Crippen molar-refractivity contribution in [2.45, 2.75) is 32.7 Å². The first-order chi connectivity index (χ1) is 8.45. The smallest absolute Gasteiger partial charge is 0.323 e. The maximum Gasteiger partial charge on any atom is 0.323 e. The van der Waals surface area contributed by atoms with E-state index in [4.69, 9.17) is 5.11 Å². The maximum atomic E-state index is 12.3. The number of carboxylic acids is 1. The first-order valence-corrected chi connectivity index (χ1v) is 6.34. The van der Waals surface area contributed by atoms with Crippen LogP contribution in [-0.2, 0) is 4.79 Å². The Morgan fingerprint density at radius 3 is 2.67 bits per heavy atom. The topological polar surface area (TPSA) is 60.9 Å². The highest BCUT2D eigenvalue weighted by molar-refractivity contribution is 5.80. The number of carboxylic acid groups (broad SMARTS) is 1. The summed E-state index contributed by atoms with van der Waals surface area (Å²) in [6.45, 7) is 8.45. The minimum absolute atomic E-state index is 0.169. The number of amides is 2. The van der Waals surface area contributed by atoms with Gasteiger partial charge in [-0.25, -0.2) is 4.79 Å². The lowest BCUT2D eigenvalue weighted by Crippen LogP contribution is -2.51. The number of carbonyl (C=O) groups is 2. The number of carbonyl (C=O) groups excluding carboxylic acids is 1. The summed E-state index contributed by atoms with van der Waals surface area (Å²) in [5.41, 5.74) is 0. The van der Waals surface area contributed by atoms with Crippen molar-refractivity contribution >= 4 is 12.0 Å². The highest BCUT2D eigenvalue weighted by atomic mass is 16.4. The normalized spacial score (nSPS) is 23.6. The van der Waals surface area contributed by atoms with Crippen LogP contribution in [0.15, 0.2) is 12.7 Å². The predicted octanol–water partition coefficient (Wildman–Crippen LogP) is 1.80. The molecule has 2 atom stereocenters. The number of piperidine rings is 1. The quantitative estimate of drug-likeness (QED) is 0.778. The van der Waals surface area contributed by atoms with Gasteiger partial charge in [-0.3, -0.25) is 4.79 Å². The summed E-state index contributed by atoms with van der Waals surface area (Å²) >= 11 is 0. The van der Waals surface area contributed by atoms with Crippen LogP contribution in [0.5, 0.6) is 0 Å². The van der Waals surface area contributed by atoms with Gasteiger partial charge in [-0.15, -0.1) is 6.58 Å². The highest BCUT2D eigenvalue weighted by Crippen LogP contribution is 2.23. The standard InChI is InChI=1S/C13H22N2O3/c1-4-6-14(9-12(16)17)13(18)15-7-5-10(2)8-11(15)3/h4,10-11H,1,5-9H2,2-3H3,(H,16,17). The van der Waals surface area contributed by atoms with Gasteiger partial charge in [0, 0.05) is 19.1 Å². The summed E-state index contributed by atoms with van der Waals surface area (Å²) in [5, 5.41) is 8.82. The number of likely N-dealkylation sites (tertiary alicyclic amines) is 1. The molecule has 1 aliphatic rings. The van der Waals surface area contributed by atoms with E-state index in [1.165, 1.54) is 4.90 Å². The van der Waals surface area contributed by atoms with Gasteiger partial charge >= 0.3 is 12.0 Å². The van der Waals surface area contributed by atoms with Gasteiger partial charge in [-0.1, -0.05) is 13.0 Å². The molecule has 0 spiro atoms. The molecule has 2 amide bonds. The van der Waals surface area contributed by atoms with Crippen molar-refractivity contribution in [3.05, 3.63) is 12.7 Å². The minimum atomic E-state index is -0.997. The molecule has 1 N–H and O–H groups in total. The number of rotatable bonds is 4. The third-order valence-electron chi connectivity index (χ3n) is 3.33. The second kappa shape index (κ2) is 6.42. The summed E-state index contributed by atoms with van der Waals surface area (Å²) < 4.78 is 0. The van der Waals surface area contributed by atoms with Gasteiger partial charge in [0.05, 0.1) is 0 Å². The van der Waals surface area contributed by atoms with Crippen molar-refractivity contribution in [2.24, 2.45) is 5.92 Å². The van der Waals surface area contributed by atoms with Gasteiger partial charge in [0.15, 0.2) is 0 Å². The van der Waals surface area contributed by atoms with E-state index in [0.29, 0.717) is 12.5 Å². The molecule has 5 nitrogen and oxygen atoms in total. The van der Waals surface area contributed by atoms with Crippen LogP contribution in [0.3, 0.4) is 0 Å². The second-order valence-corrected chi connectivity index (χ2v) is 5.02. The van der Waals surface area contributed by atoms with Gasteiger partial charge < -0.3 is 14.9 Å². The summed E-state index contributed by atoms with van der Waals surface area (Å²) in [5.74, 6) is -0.375. The zero-order valence-electron chi connectivity index (χ0n) is 11.1. The molecule has 0 aliphatic carbocycles. The van der Waals surface area contributed by atoms with E-state index in [9.17, 15) is 9.59 Å². The molecule has 0 radical (unpaired) electrons. The fourth-order valence-corrected chi connectivity index (χ4v) is 2.40. The molecule has 0 saturated carbocycles. The number of hydrogen-bond acceptors (Lipinski definition) is 2.